The Labute approximate surface area is 159 Å². The van der Waals surface area contributed by atoms with Crippen LogP contribution in [0.2, 0.25) is 5.02 Å². The van der Waals surface area contributed by atoms with E-state index in [4.69, 9.17) is 16.3 Å². The molecule has 27 heavy (non-hydrogen) atoms. The van der Waals surface area contributed by atoms with E-state index >= 15 is 0 Å². The van der Waals surface area contributed by atoms with E-state index in [1.54, 1.807) is 43.3 Å². The summed E-state index contributed by atoms with van der Waals surface area (Å²) in [4.78, 5) is 20.8. The van der Waals surface area contributed by atoms with E-state index in [2.05, 4.69) is 15.1 Å². The third-order valence-corrected chi connectivity index (χ3v) is 4.06. The van der Waals surface area contributed by atoms with Crippen LogP contribution in [0, 0.1) is 5.82 Å². The highest BCUT2D eigenvalue weighted by molar-refractivity contribution is 6.66. The molecule has 0 unspecified atom stereocenters. The van der Waals surface area contributed by atoms with Gasteiger partial charge in [-0.2, -0.15) is 0 Å². The first-order valence-corrected chi connectivity index (χ1v) is 8.49. The summed E-state index contributed by atoms with van der Waals surface area (Å²) in [6.07, 6.45) is 0. The first kappa shape index (κ1) is 18.7. The van der Waals surface area contributed by atoms with Gasteiger partial charge in [-0.3, -0.25) is 4.99 Å². The Balaban J connectivity index is 2.16. The topological polar surface area (TPSA) is 83.6 Å². The monoisotopic (exact) mass is 387 g/mol. The van der Waals surface area contributed by atoms with Crippen LogP contribution in [0.15, 0.2) is 57.6 Å². The van der Waals surface area contributed by atoms with Gasteiger partial charge >= 0.3 is 5.97 Å². The molecule has 6 nitrogen and oxygen atoms in total. The van der Waals surface area contributed by atoms with Gasteiger partial charge in [-0.15, -0.1) is 0 Å². The molecule has 0 radical (unpaired) electrons. The minimum absolute atomic E-state index is 0.103. The summed E-state index contributed by atoms with van der Waals surface area (Å²) in [6, 6.07) is 11.1. The Bertz CT molecular complexity index is 986. The molecule has 1 heterocycles. The Kier molecular flexibility index (Phi) is 5.61. The summed E-state index contributed by atoms with van der Waals surface area (Å²) in [7, 11) is 0. The quantitative estimate of drug-likeness (QED) is 0.375. The molecule has 1 aliphatic heterocycles. The van der Waals surface area contributed by atoms with Crippen LogP contribution in [0.4, 0.5) is 10.1 Å². The lowest BCUT2D eigenvalue weighted by Crippen LogP contribution is -2.28. The third-order valence-electron chi connectivity index (χ3n) is 3.83. The van der Waals surface area contributed by atoms with Crippen LogP contribution < -0.4 is 0 Å². The molecule has 0 saturated heterocycles. The van der Waals surface area contributed by atoms with Gasteiger partial charge in [-0.05, 0) is 37.3 Å². The van der Waals surface area contributed by atoms with Gasteiger partial charge in [0.1, 0.15) is 5.82 Å². The van der Waals surface area contributed by atoms with Crippen LogP contribution >= 0.6 is 11.6 Å². The molecule has 2 aromatic carbocycles. The van der Waals surface area contributed by atoms with E-state index in [-0.39, 0.29) is 30.1 Å². The number of carbonyl (C=O) groups excluding carboxylic acids is 1. The second kappa shape index (κ2) is 8.09. The highest BCUT2D eigenvalue weighted by Gasteiger charge is 2.25. The second-order valence-electron chi connectivity index (χ2n) is 5.53. The molecule has 0 amide bonds. The normalized spacial score (nSPS) is 14.0. The Morgan fingerprint density at radius 3 is 2.78 bits per heavy atom. The fraction of sp³-hybridized carbons (Fsp3) is 0.158. The number of nitrogens with zero attached hydrogens (tertiary/aromatic N) is 3. The average Bonchev–Trinajstić information content (AvgIpc) is 2.83. The number of oxime groups is 1. The van der Waals surface area contributed by atoms with Gasteiger partial charge in [0.25, 0.3) is 0 Å². The molecule has 0 saturated carbocycles. The van der Waals surface area contributed by atoms with Crippen molar-refractivity contribution in [2.75, 3.05) is 13.2 Å². The number of aliphatic imine (C=N–C) groups is 2. The van der Waals surface area contributed by atoms with Crippen molar-refractivity contribution in [3.8, 4) is 0 Å². The maximum atomic E-state index is 14.4. The van der Waals surface area contributed by atoms with Crippen molar-refractivity contribution in [1.29, 1.82) is 0 Å². The predicted octanol–water partition coefficient (Wildman–Crippen LogP) is 3.80. The number of halogens is 2. The zero-order chi connectivity index (χ0) is 19.4. The first-order valence-electron chi connectivity index (χ1n) is 8.11. The lowest BCUT2D eigenvalue weighted by molar-refractivity contribution is -0.134. The molecule has 0 fully saturated rings. The van der Waals surface area contributed by atoms with Crippen LogP contribution in [0.1, 0.15) is 18.1 Å². The number of benzene rings is 2. The van der Waals surface area contributed by atoms with Crippen molar-refractivity contribution >= 4 is 40.4 Å². The van der Waals surface area contributed by atoms with Crippen LogP contribution in [0.5, 0.6) is 0 Å². The van der Waals surface area contributed by atoms with E-state index < -0.39 is 11.8 Å². The molecule has 8 heteroatoms. The van der Waals surface area contributed by atoms with Crippen LogP contribution in [0.3, 0.4) is 0 Å². The van der Waals surface area contributed by atoms with Crippen molar-refractivity contribution in [2.45, 2.75) is 6.92 Å². The number of hydrogen-bond acceptors (Lipinski definition) is 6. The summed E-state index contributed by atoms with van der Waals surface area (Å²) in [5.41, 5.74) is 1.28. The van der Waals surface area contributed by atoms with E-state index in [1.807, 2.05) is 0 Å². The van der Waals surface area contributed by atoms with Crippen LogP contribution in [-0.2, 0) is 9.53 Å². The van der Waals surface area contributed by atoms with E-state index in [9.17, 15) is 14.4 Å². The standard InChI is InChI=1S/C19H15ClFN3O3/c1-2-27-19(25)18(24-26)16-10-22-17(12-5-3-4-6-14(12)21)13-9-11(20)7-8-15(13)23-16/h3-9,26H,2,10H2,1H3/b24-18-. The number of ether oxygens (including phenoxy) is 1. The Morgan fingerprint density at radius 2 is 2.07 bits per heavy atom. The zero-order valence-corrected chi connectivity index (χ0v) is 15.1. The highest BCUT2D eigenvalue weighted by atomic mass is 35.5. The number of hydrogen-bond donors (Lipinski definition) is 1. The Morgan fingerprint density at radius 1 is 1.30 bits per heavy atom. The smallest absolute Gasteiger partial charge is 0.362 e. The van der Waals surface area contributed by atoms with Crippen LogP contribution in [0.25, 0.3) is 0 Å². The summed E-state index contributed by atoms with van der Waals surface area (Å²) in [6.45, 7) is 1.64. The summed E-state index contributed by atoms with van der Waals surface area (Å²) in [5, 5.41) is 12.7. The number of fused-ring (bicyclic) bond motifs is 1. The molecule has 1 aliphatic rings. The number of carbonyl (C=O) groups is 1. The molecular weight excluding hydrogens is 373 g/mol. The summed E-state index contributed by atoms with van der Waals surface area (Å²) in [5.74, 6) is -1.27. The third kappa shape index (κ3) is 3.88. The van der Waals surface area contributed by atoms with Gasteiger partial charge in [0.15, 0.2) is 0 Å². The SMILES string of the molecule is CCOC(=O)/C(=N\O)C1=Nc2ccc(Cl)cc2C(c2ccccc2F)=NC1. The lowest BCUT2D eigenvalue weighted by Gasteiger charge is -2.09. The maximum absolute atomic E-state index is 14.4. The largest absolute Gasteiger partial charge is 0.461 e. The number of rotatable bonds is 4. The molecule has 0 aliphatic carbocycles. The number of esters is 1. The molecule has 3 rings (SSSR count). The van der Waals surface area contributed by atoms with Gasteiger partial charge in [-0.25, -0.2) is 14.2 Å². The van der Waals surface area contributed by atoms with E-state index in [0.29, 0.717) is 22.0 Å². The fourth-order valence-electron chi connectivity index (χ4n) is 2.64. The predicted molar refractivity (Wildman–Crippen MR) is 101 cm³/mol. The van der Waals surface area contributed by atoms with Crippen molar-refractivity contribution in [3.05, 3.63) is 64.4 Å². The second-order valence-corrected chi connectivity index (χ2v) is 5.97. The van der Waals surface area contributed by atoms with Gasteiger partial charge in [-0.1, -0.05) is 28.9 Å². The summed E-state index contributed by atoms with van der Waals surface area (Å²) < 4.78 is 19.2. The van der Waals surface area contributed by atoms with Crippen molar-refractivity contribution in [3.63, 3.8) is 0 Å². The van der Waals surface area contributed by atoms with E-state index in [1.165, 1.54) is 6.07 Å². The molecule has 1 N–H and O–H groups in total. The average molecular weight is 388 g/mol. The van der Waals surface area contributed by atoms with Crippen molar-refractivity contribution < 1.29 is 19.1 Å². The van der Waals surface area contributed by atoms with Crippen LogP contribution in [-0.4, -0.2) is 41.5 Å². The summed E-state index contributed by atoms with van der Waals surface area (Å²) >= 11 is 6.11. The van der Waals surface area contributed by atoms with Gasteiger partial charge in [0.05, 0.1) is 30.3 Å². The minimum Gasteiger partial charge on any atom is -0.461 e. The molecular formula is C19H15ClFN3O3. The molecule has 0 atom stereocenters. The van der Waals surface area contributed by atoms with Gasteiger partial charge in [0.2, 0.25) is 5.71 Å². The fourth-order valence-corrected chi connectivity index (χ4v) is 2.81. The zero-order valence-electron chi connectivity index (χ0n) is 14.3. The molecule has 2 aromatic rings. The van der Waals surface area contributed by atoms with Crippen molar-refractivity contribution in [1.82, 2.24) is 0 Å². The van der Waals surface area contributed by atoms with Gasteiger partial charge in [0, 0.05) is 16.1 Å². The lowest BCUT2D eigenvalue weighted by atomic mass is 10.0. The maximum Gasteiger partial charge on any atom is 0.362 e. The molecule has 0 aromatic heterocycles. The van der Waals surface area contributed by atoms with Gasteiger partial charge < -0.3 is 9.94 Å². The Hall–Kier alpha value is -3.06. The first-order chi connectivity index (χ1) is 13.0. The van der Waals surface area contributed by atoms with Crippen molar-refractivity contribution in [2.24, 2.45) is 15.1 Å². The molecule has 0 spiro atoms. The van der Waals surface area contributed by atoms with E-state index in [0.717, 1.165) is 0 Å². The molecule has 0 bridgehead atoms. The minimum atomic E-state index is -0.821. The molecule has 138 valence electrons. The highest BCUT2D eigenvalue weighted by Crippen LogP contribution is 2.29.